The van der Waals surface area contributed by atoms with Crippen LogP contribution < -0.4 is 9.46 Å². The van der Waals surface area contributed by atoms with Crippen LogP contribution in [0.3, 0.4) is 0 Å². The molecule has 6 heteroatoms. The molecule has 1 fully saturated rings. The van der Waals surface area contributed by atoms with Gasteiger partial charge in [-0.1, -0.05) is 0 Å². The van der Waals surface area contributed by atoms with E-state index in [4.69, 9.17) is 4.74 Å². The number of rotatable bonds is 6. The normalized spacial score (nSPS) is 18.3. The molecule has 1 aromatic rings. The monoisotopic (exact) mass is 313 g/mol. The lowest BCUT2D eigenvalue weighted by molar-refractivity contribution is 0.0422. The van der Waals surface area contributed by atoms with Crippen LogP contribution in [0.4, 0.5) is 0 Å². The van der Waals surface area contributed by atoms with Gasteiger partial charge < -0.3 is 9.84 Å². The van der Waals surface area contributed by atoms with E-state index >= 15 is 0 Å². The number of hydrogen-bond acceptors (Lipinski definition) is 4. The van der Waals surface area contributed by atoms with Crippen molar-refractivity contribution in [2.24, 2.45) is 5.92 Å². The van der Waals surface area contributed by atoms with Crippen LogP contribution in [0.5, 0.6) is 5.75 Å². The molecular formula is C15H23NO4S. The molecule has 0 heterocycles. The Bertz CT molecular complexity index is 610. The van der Waals surface area contributed by atoms with Gasteiger partial charge in [0.1, 0.15) is 5.75 Å². The van der Waals surface area contributed by atoms with Gasteiger partial charge in [-0.25, -0.2) is 13.1 Å². The number of benzene rings is 1. The predicted molar refractivity (Wildman–Crippen MR) is 81.0 cm³/mol. The maximum atomic E-state index is 12.4. The molecule has 1 unspecified atom stereocenters. The molecule has 2 N–H and O–H groups in total. The molecule has 0 aliphatic heterocycles. The van der Waals surface area contributed by atoms with Crippen molar-refractivity contribution < 1.29 is 18.3 Å². The average molecular weight is 313 g/mol. The van der Waals surface area contributed by atoms with Gasteiger partial charge in [-0.3, -0.25) is 0 Å². The van der Waals surface area contributed by atoms with Gasteiger partial charge in [0.05, 0.1) is 17.6 Å². The molecule has 1 aliphatic rings. The summed E-state index contributed by atoms with van der Waals surface area (Å²) in [6, 6.07) is 3.17. The molecule has 118 valence electrons. The summed E-state index contributed by atoms with van der Waals surface area (Å²) < 4.78 is 32.5. The third-order valence-electron chi connectivity index (χ3n) is 4.03. The quantitative estimate of drug-likeness (QED) is 0.839. The molecule has 1 saturated carbocycles. The van der Waals surface area contributed by atoms with Crippen molar-refractivity contribution in [3.8, 4) is 5.75 Å². The van der Waals surface area contributed by atoms with Crippen LogP contribution in [0.2, 0.25) is 0 Å². The summed E-state index contributed by atoms with van der Waals surface area (Å²) in [6.45, 7) is 5.33. The highest BCUT2D eigenvalue weighted by atomic mass is 32.2. The van der Waals surface area contributed by atoms with E-state index in [2.05, 4.69) is 4.72 Å². The van der Waals surface area contributed by atoms with Crippen LogP contribution in [-0.2, 0) is 10.0 Å². The molecule has 0 radical (unpaired) electrons. The molecule has 0 aromatic heterocycles. The van der Waals surface area contributed by atoms with Gasteiger partial charge in [0.15, 0.2) is 0 Å². The van der Waals surface area contributed by atoms with Gasteiger partial charge in [0, 0.05) is 6.54 Å². The van der Waals surface area contributed by atoms with E-state index in [0.717, 1.165) is 24.0 Å². The van der Waals surface area contributed by atoms with Crippen molar-refractivity contribution in [3.63, 3.8) is 0 Å². The number of aliphatic hydroxyl groups is 1. The first-order valence-corrected chi connectivity index (χ1v) is 8.53. The molecule has 2 rings (SSSR count). The highest BCUT2D eigenvalue weighted by molar-refractivity contribution is 7.89. The molecule has 0 bridgehead atoms. The summed E-state index contributed by atoms with van der Waals surface area (Å²) in [5.41, 5.74) is 0.558. The highest BCUT2D eigenvalue weighted by Crippen LogP contribution is 2.39. The van der Waals surface area contributed by atoms with E-state index in [0.29, 0.717) is 5.75 Å². The third kappa shape index (κ3) is 3.56. The molecule has 0 saturated heterocycles. The summed E-state index contributed by atoms with van der Waals surface area (Å²) in [6.07, 6.45) is 1.91. The predicted octanol–water partition coefficient (Wildman–Crippen LogP) is 1.75. The van der Waals surface area contributed by atoms with E-state index in [9.17, 15) is 13.5 Å². The SMILES string of the molecule is COc1c(C)cc(S(=O)(=O)NCC(C)(O)C2CC2)cc1C. The summed E-state index contributed by atoms with van der Waals surface area (Å²) in [4.78, 5) is 0.199. The van der Waals surface area contributed by atoms with E-state index in [1.807, 2.05) is 13.8 Å². The number of nitrogens with one attached hydrogen (secondary N) is 1. The largest absolute Gasteiger partial charge is 0.496 e. The zero-order chi connectivity index (χ0) is 15.8. The van der Waals surface area contributed by atoms with Crippen molar-refractivity contribution in [2.75, 3.05) is 13.7 Å². The number of sulfonamides is 1. The Kier molecular flexibility index (Phi) is 4.33. The first-order valence-electron chi connectivity index (χ1n) is 7.04. The summed E-state index contributed by atoms with van der Waals surface area (Å²) in [7, 11) is -2.07. The first-order chi connectivity index (χ1) is 9.67. The number of hydrogen-bond donors (Lipinski definition) is 2. The van der Waals surface area contributed by atoms with Gasteiger partial charge in [-0.05, 0) is 62.8 Å². The molecule has 0 spiro atoms. The van der Waals surface area contributed by atoms with Crippen LogP contribution in [-0.4, -0.2) is 32.8 Å². The standard InChI is InChI=1S/C15H23NO4S/c1-10-7-13(8-11(2)14(10)20-4)21(18,19)16-9-15(3,17)12-5-6-12/h7-8,12,16-17H,5-6,9H2,1-4H3. The van der Waals surface area contributed by atoms with Crippen molar-refractivity contribution in [1.82, 2.24) is 4.72 Å². The molecule has 5 nitrogen and oxygen atoms in total. The zero-order valence-electron chi connectivity index (χ0n) is 12.9. The third-order valence-corrected chi connectivity index (χ3v) is 5.41. The van der Waals surface area contributed by atoms with Gasteiger partial charge >= 0.3 is 0 Å². The number of aryl methyl sites for hydroxylation is 2. The Hall–Kier alpha value is -1.11. The van der Waals surface area contributed by atoms with Crippen LogP contribution in [0.25, 0.3) is 0 Å². The Balaban J connectivity index is 2.19. The smallest absolute Gasteiger partial charge is 0.240 e. The van der Waals surface area contributed by atoms with Gasteiger partial charge in [-0.15, -0.1) is 0 Å². The first kappa shape index (κ1) is 16.3. The lowest BCUT2D eigenvalue weighted by atomic mass is 10.0. The fourth-order valence-corrected chi connectivity index (χ4v) is 3.87. The molecule has 1 aliphatic carbocycles. The Morgan fingerprint density at radius 3 is 2.29 bits per heavy atom. The molecule has 21 heavy (non-hydrogen) atoms. The minimum absolute atomic E-state index is 0.0319. The Morgan fingerprint density at radius 2 is 1.86 bits per heavy atom. The van der Waals surface area contributed by atoms with Gasteiger partial charge in [-0.2, -0.15) is 0 Å². The van der Waals surface area contributed by atoms with E-state index in [1.165, 1.54) is 0 Å². The molecule has 1 aromatic carbocycles. The maximum Gasteiger partial charge on any atom is 0.240 e. The van der Waals surface area contributed by atoms with Gasteiger partial charge in [0.25, 0.3) is 0 Å². The minimum Gasteiger partial charge on any atom is -0.496 e. The summed E-state index contributed by atoms with van der Waals surface area (Å²) in [5.74, 6) is 0.887. The second-order valence-electron chi connectivity index (χ2n) is 6.05. The summed E-state index contributed by atoms with van der Waals surface area (Å²) in [5, 5.41) is 10.2. The average Bonchev–Trinajstić information content (AvgIpc) is 3.21. The van der Waals surface area contributed by atoms with E-state index in [1.54, 1.807) is 26.2 Å². The molecule has 0 amide bonds. The van der Waals surface area contributed by atoms with Crippen molar-refractivity contribution in [1.29, 1.82) is 0 Å². The fourth-order valence-electron chi connectivity index (χ4n) is 2.56. The number of ether oxygens (including phenoxy) is 1. The second kappa shape index (κ2) is 5.59. The van der Waals surface area contributed by atoms with Crippen molar-refractivity contribution >= 4 is 10.0 Å². The van der Waals surface area contributed by atoms with E-state index < -0.39 is 15.6 Å². The van der Waals surface area contributed by atoms with E-state index in [-0.39, 0.29) is 17.4 Å². The molecule has 1 atom stereocenters. The van der Waals surface area contributed by atoms with Crippen molar-refractivity contribution in [2.45, 2.75) is 44.1 Å². The summed E-state index contributed by atoms with van der Waals surface area (Å²) >= 11 is 0. The minimum atomic E-state index is -3.63. The lowest BCUT2D eigenvalue weighted by Gasteiger charge is -2.23. The van der Waals surface area contributed by atoms with Crippen molar-refractivity contribution in [3.05, 3.63) is 23.3 Å². The zero-order valence-corrected chi connectivity index (χ0v) is 13.8. The van der Waals surface area contributed by atoms with Crippen LogP contribution in [0, 0.1) is 19.8 Å². The molecular weight excluding hydrogens is 290 g/mol. The Labute approximate surface area is 126 Å². The number of methoxy groups -OCH3 is 1. The van der Waals surface area contributed by atoms with Crippen LogP contribution in [0.1, 0.15) is 30.9 Å². The lowest BCUT2D eigenvalue weighted by Crippen LogP contribution is -2.42. The van der Waals surface area contributed by atoms with Crippen LogP contribution >= 0.6 is 0 Å². The Morgan fingerprint density at radius 1 is 1.33 bits per heavy atom. The fraction of sp³-hybridized carbons (Fsp3) is 0.600. The maximum absolute atomic E-state index is 12.4. The second-order valence-corrected chi connectivity index (χ2v) is 7.81. The van der Waals surface area contributed by atoms with Crippen LogP contribution in [0.15, 0.2) is 17.0 Å². The highest BCUT2D eigenvalue weighted by Gasteiger charge is 2.40. The van der Waals surface area contributed by atoms with Gasteiger partial charge in [0.2, 0.25) is 10.0 Å². The topological polar surface area (TPSA) is 75.6 Å².